The van der Waals surface area contributed by atoms with Gasteiger partial charge in [0.2, 0.25) is 0 Å². The van der Waals surface area contributed by atoms with Crippen molar-refractivity contribution in [2.45, 2.75) is 25.8 Å². The summed E-state index contributed by atoms with van der Waals surface area (Å²) < 4.78 is 1.96. The third-order valence-electron chi connectivity index (χ3n) is 3.73. The zero-order chi connectivity index (χ0) is 14.5. The Morgan fingerprint density at radius 1 is 0.952 bits per heavy atom. The van der Waals surface area contributed by atoms with Crippen molar-refractivity contribution in [1.29, 1.82) is 0 Å². The Bertz CT molecular complexity index is 674. The van der Waals surface area contributed by atoms with E-state index in [1.807, 2.05) is 29.1 Å². The van der Waals surface area contributed by atoms with Crippen molar-refractivity contribution in [3.05, 3.63) is 72.4 Å². The normalized spacial score (nSPS) is 12.2. The average Bonchev–Trinajstić information content (AvgIpc) is 3.04. The van der Waals surface area contributed by atoms with E-state index in [4.69, 9.17) is 0 Å². The second-order valence-corrected chi connectivity index (χ2v) is 5.32. The first-order chi connectivity index (χ1) is 10.3. The summed E-state index contributed by atoms with van der Waals surface area (Å²) in [5, 5.41) is 8.55. The molecule has 3 nitrogen and oxygen atoms in total. The maximum Gasteiger partial charge on any atom is 0.113 e. The molecular formula is C18H19N3. The van der Waals surface area contributed by atoms with Crippen LogP contribution in [0.3, 0.4) is 0 Å². The van der Waals surface area contributed by atoms with Gasteiger partial charge in [-0.3, -0.25) is 0 Å². The molecule has 3 rings (SSSR count). The molecule has 0 bridgehead atoms. The third kappa shape index (κ3) is 3.37. The number of rotatable bonds is 5. The SMILES string of the molecule is CC(CCc1ccccc1)n1cc(-c2ccccc2)nn1. The van der Waals surface area contributed by atoms with E-state index in [1.165, 1.54) is 5.56 Å². The quantitative estimate of drug-likeness (QED) is 0.701. The third-order valence-corrected chi connectivity index (χ3v) is 3.73. The standard InChI is InChI=1S/C18H19N3/c1-15(12-13-16-8-4-2-5-9-16)21-14-18(19-20-21)17-10-6-3-7-11-17/h2-11,14-15H,12-13H2,1H3. The molecule has 0 fully saturated rings. The van der Waals surface area contributed by atoms with Crippen LogP contribution in [-0.4, -0.2) is 15.0 Å². The minimum atomic E-state index is 0.343. The van der Waals surface area contributed by atoms with Crippen LogP contribution in [0.5, 0.6) is 0 Å². The number of hydrogen-bond acceptors (Lipinski definition) is 2. The first kappa shape index (κ1) is 13.6. The Hall–Kier alpha value is -2.42. The zero-order valence-corrected chi connectivity index (χ0v) is 12.2. The lowest BCUT2D eigenvalue weighted by molar-refractivity contribution is 0.447. The minimum Gasteiger partial charge on any atom is -0.249 e. The monoisotopic (exact) mass is 277 g/mol. The Balaban J connectivity index is 1.66. The molecule has 0 saturated carbocycles. The lowest BCUT2D eigenvalue weighted by Gasteiger charge is -2.10. The van der Waals surface area contributed by atoms with Crippen LogP contribution in [0.2, 0.25) is 0 Å². The number of hydrogen-bond donors (Lipinski definition) is 0. The highest BCUT2D eigenvalue weighted by Gasteiger charge is 2.09. The highest BCUT2D eigenvalue weighted by Crippen LogP contribution is 2.19. The number of benzene rings is 2. The van der Waals surface area contributed by atoms with Crippen LogP contribution in [0.25, 0.3) is 11.3 Å². The summed E-state index contributed by atoms with van der Waals surface area (Å²) in [6.45, 7) is 2.19. The van der Waals surface area contributed by atoms with Crippen molar-refractivity contribution in [3.8, 4) is 11.3 Å². The predicted molar refractivity (Wildman–Crippen MR) is 84.9 cm³/mol. The molecule has 0 amide bonds. The lowest BCUT2D eigenvalue weighted by Crippen LogP contribution is -2.07. The molecule has 0 aliphatic rings. The van der Waals surface area contributed by atoms with Crippen LogP contribution in [0.4, 0.5) is 0 Å². The van der Waals surface area contributed by atoms with Crippen LogP contribution >= 0.6 is 0 Å². The summed E-state index contributed by atoms with van der Waals surface area (Å²) in [5.41, 5.74) is 3.41. The van der Waals surface area contributed by atoms with Gasteiger partial charge in [-0.1, -0.05) is 65.9 Å². The fraction of sp³-hybridized carbons (Fsp3) is 0.222. The molecule has 0 saturated heterocycles. The molecule has 2 aromatic carbocycles. The van der Waals surface area contributed by atoms with E-state index in [1.54, 1.807) is 0 Å². The molecule has 0 aliphatic carbocycles. The van der Waals surface area contributed by atoms with E-state index in [0.717, 1.165) is 24.1 Å². The molecule has 3 heteroatoms. The lowest BCUT2D eigenvalue weighted by atomic mass is 10.1. The number of nitrogens with zero attached hydrogens (tertiary/aromatic N) is 3. The van der Waals surface area contributed by atoms with Gasteiger partial charge in [0.25, 0.3) is 0 Å². The van der Waals surface area contributed by atoms with Crippen molar-refractivity contribution in [2.24, 2.45) is 0 Å². The van der Waals surface area contributed by atoms with Gasteiger partial charge in [0.05, 0.1) is 12.2 Å². The molecule has 0 spiro atoms. The van der Waals surface area contributed by atoms with Crippen LogP contribution < -0.4 is 0 Å². The number of aromatic nitrogens is 3. The van der Waals surface area contributed by atoms with Crippen molar-refractivity contribution in [1.82, 2.24) is 15.0 Å². The summed E-state index contributed by atoms with van der Waals surface area (Å²) in [6.07, 6.45) is 4.15. The van der Waals surface area contributed by atoms with Gasteiger partial charge in [0.15, 0.2) is 0 Å². The molecular weight excluding hydrogens is 258 g/mol. The first-order valence-corrected chi connectivity index (χ1v) is 7.34. The van der Waals surface area contributed by atoms with Crippen LogP contribution in [0.1, 0.15) is 24.9 Å². The molecule has 106 valence electrons. The van der Waals surface area contributed by atoms with Gasteiger partial charge < -0.3 is 0 Å². The number of aryl methyl sites for hydroxylation is 1. The molecule has 0 radical (unpaired) electrons. The van der Waals surface area contributed by atoms with E-state index in [9.17, 15) is 0 Å². The van der Waals surface area contributed by atoms with Crippen LogP contribution in [0.15, 0.2) is 66.9 Å². The van der Waals surface area contributed by atoms with E-state index in [0.29, 0.717) is 6.04 Å². The Morgan fingerprint density at radius 3 is 2.33 bits per heavy atom. The van der Waals surface area contributed by atoms with E-state index in [-0.39, 0.29) is 0 Å². The van der Waals surface area contributed by atoms with Crippen molar-refractivity contribution in [3.63, 3.8) is 0 Å². The second-order valence-electron chi connectivity index (χ2n) is 5.32. The van der Waals surface area contributed by atoms with E-state index in [2.05, 4.69) is 59.7 Å². The second kappa shape index (κ2) is 6.35. The molecule has 0 N–H and O–H groups in total. The van der Waals surface area contributed by atoms with Gasteiger partial charge in [-0.25, -0.2) is 4.68 Å². The van der Waals surface area contributed by atoms with Gasteiger partial charge in [-0.2, -0.15) is 0 Å². The van der Waals surface area contributed by atoms with Gasteiger partial charge in [0, 0.05) is 5.56 Å². The van der Waals surface area contributed by atoms with E-state index >= 15 is 0 Å². The molecule has 0 aliphatic heterocycles. The van der Waals surface area contributed by atoms with Crippen molar-refractivity contribution in [2.75, 3.05) is 0 Å². The van der Waals surface area contributed by atoms with Gasteiger partial charge in [-0.05, 0) is 25.3 Å². The molecule has 3 aromatic rings. The summed E-state index contributed by atoms with van der Waals surface area (Å²) in [7, 11) is 0. The Morgan fingerprint density at radius 2 is 1.62 bits per heavy atom. The summed E-state index contributed by atoms with van der Waals surface area (Å²) in [6, 6.07) is 21.1. The summed E-state index contributed by atoms with van der Waals surface area (Å²) >= 11 is 0. The average molecular weight is 277 g/mol. The molecule has 1 unspecified atom stereocenters. The maximum atomic E-state index is 4.28. The Labute approximate surface area is 125 Å². The predicted octanol–water partition coefficient (Wildman–Crippen LogP) is 4.14. The molecule has 1 atom stereocenters. The van der Waals surface area contributed by atoms with Crippen LogP contribution in [-0.2, 0) is 6.42 Å². The minimum absolute atomic E-state index is 0.343. The topological polar surface area (TPSA) is 30.7 Å². The fourth-order valence-electron chi connectivity index (χ4n) is 2.39. The molecule has 1 heterocycles. The van der Waals surface area contributed by atoms with Crippen molar-refractivity contribution < 1.29 is 0 Å². The summed E-state index contributed by atoms with van der Waals surface area (Å²) in [5.74, 6) is 0. The van der Waals surface area contributed by atoms with E-state index < -0.39 is 0 Å². The molecule has 21 heavy (non-hydrogen) atoms. The largest absolute Gasteiger partial charge is 0.249 e. The van der Waals surface area contributed by atoms with Gasteiger partial charge in [0.1, 0.15) is 5.69 Å². The summed E-state index contributed by atoms with van der Waals surface area (Å²) in [4.78, 5) is 0. The first-order valence-electron chi connectivity index (χ1n) is 7.34. The fourth-order valence-corrected chi connectivity index (χ4v) is 2.39. The molecule has 1 aromatic heterocycles. The highest BCUT2D eigenvalue weighted by molar-refractivity contribution is 5.57. The van der Waals surface area contributed by atoms with Gasteiger partial charge in [-0.15, -0.1) is 5.10 Å². The Kier molecular flexibility index (Phi) is 4.10. The van der Waals surface area contributed by atoms with Gasteiger partial charge >= 0.3 is 0 Å². The zero-order valence-electron chi connectivity index (χ0n) is 12.2. The van der Waals surface area contributed by atoms with Crippen LogP contribution in [0, 0.1) is 0 Å². The smallest absolute Gasteiger partial charge is 0.113 e. The van der Waals surface area contributed by atoms with Crippen molar-refractivity contribution >= 4 is 0 Å². The highest BCUT2D eigenvalue weighted by atomic mass is 15.4. The maximum absolute atomic E-state index is 4.28.